The van der Waals surface area contributed by atoms with Crippen molar-refractivity contribution in [3.8, 4) is 5.75 Å². The van der Waals surface area contributed by atoms with Crippen LogP contribution in [0.5, 0.6) is 5.75 Å². The topological polar surface area (TPSA) is 75.8 Å². The van der Waals surface area contributed by atoms with E-state index in [0.717, 1.165) is 16.5 Å². The molecule has 0 saturated heterocycles. The minimum absolute atomic E-state index is 0.0557. The molecule has 0 spiro atoms. The predicted octanol–water partition coefficient (Wildman–Crippen LogP) is 2.34. The van der Waals surface area contributed by atoms with E-state index in [-0.39, 0.29) is 12.5 Å². The first kappa shape index (κ1) is 15.6. The normalized spacial score (nSPS) is 10.8. The van der Waals surface area contributed by atoms with Crippen LogP contribution in [-0.4, -0.2) is 42.7 Å². The van der Waals surface area contributed by atoms with Crippen molar-refractivity contribution in [2.45, 2.75) is 13.3 Å². The van der Waals surface area contributed by atoms with Gasteiger partial charge in [0, 0.05) is 17.8 Å². The van der Waals surface area contributed by atoms with Gasteiger partial charge >= 0.3 is 0 Å². The summed E-state index contributed by atoms with van der Waals surface area (Å²) in [5, 5.41) is 9.89. The van der Waals surface area contributed by atoms with E-state index >= 15 is 0 Å². The number of rotatable bonds is 6. The zero-order valence-corrected chi connectivity index (χ0v) is 13.1. The van der Waals surface area contributed by atoms with Crippen LogP contribution in [0.4, 0.5) is 5.69 Å². The standard InChI is InChI=1S/C15H20N2O3S/c1-3-7-17(8-9-18)15(19)14-13(16)12-10(20-2)5-4-6-11(12)21-14/h4-6,18H,3,7-9,16H2,1-2H3. The Hall–Kier alpha value is -1.79. The molecule has 114 valence electrons. The molecule has 2 aromatic rings. The first-order valence-corrected chi connectivity index (χ1v) is 7.70. The first-order valence-electron chi connectivity index (χ1n) is 6.89. The fourth-order valence-electron chi connectivity index (χ4n) is 2.32. The average Bonchev–Trinajstić information content (AvgIpc) is 2.83. The van der Waals surface area contributed by atoms with Crippen LogP contribution in [0, 0.1) is 0 Å². The molecule has 0 unspecified atom stereocenters. The van der Waals surface area contributed by atoms with Gasteiger partial charge in [-0.2, -0.15) is 0 Å². The molecule has 0 atom stereocenters. The highest BCUT2D eigenvalue weighted by molar-refractivity contribution is 7.21. The van der Waals surface area contributed by atoms with E-state index in [1.165, 1.54) is 11.3 Å². The Morgan fingerprint density at radius 2 is 2.19 bits per heavy atom. The molecule has 0 bridgehead atoms. The van der Waals surface area contributed by atoms with Crippen LogP contribution < -0.4 is 10.5 Å². The molecule has 1 aromatic carbocycles. The smallest absolute Gasteiger partial charge is 0.266 e. The predicted molar refractivity (Wildman–Crippen MR) is 86.1 cm³/mol. The molecule has 0 saturated carbocycles. The third kappa shape index (κ3) is 2.96. The molecule has 6 heteroatoms. The number of fused-ring (bicyclic) bond motifs is 1. The van der Waals surface area contributed by atoms with E-state index in [2.05, 4.69) is 0 Å². The lowest BCUT2D eigenvalue weighted by molar-refractivity contribution is 0.0728. The number of methoxy groups -OCH3 is 1. The number of carbonyl (C=O) groups excluding carboxylic acids is 1. The fourth-order valence-corrected chi connectivity index (χ4v) is 3.43. The van der Waals surface area contributed by atoms with E-state index in [1.807, 2.05) is 25.1 Å². The minimum atomic E-state index is -0.133. The Balaban J connectivity index is 2.46. The van der Waals surface area contributed by atoms with Gasteiger partial charge in [0.15, 0.2) is 0 Å². The summed E-state index contributed by atoms with van der Waals surface area (Å²) < 4.78 is 6.25. The molecule has 0 fully saturated rings. The Morgan fingerprint density at radius 1 is 1.43 bits per heavy atom. The highest BCUT2D eigenvalue weighted by Crippen LogP contribution is 2.39. The van der Waals surface area contributed by atoms with Gasteiger partial charge in [-0.25, -0.2) is 0 Å². The van der Waals surface area contributed by atoms with Gasteiger partial charge in [0.05, 0.1) is 24.8 Å². The molecule has 0 aliphatic carbocycles. The average molecular weight is 308 g/mol. The van der Waals surface area contributed by atoms with Crippen molar-refractivity contribution in [2.24, 2.45) is 0 Å². The molecule has 1 aromatic heterocycles. The summed E-state index contributed by atoms with van der Waals surface area (Å²) in [6, 6.07) is 5.63. The van der Waals surface area contributed by atoms with E-state index in [0.29, 0.717) is 29.4 Å². The third-order valence-corrected chi connectivity index (χ3v) is 4.44. The van der Waals surface area contributed by atoms with Gasteiger partial charge < -0.3 is 20.5 Å². The lowest BCUT2D eigenvalue weighted by Gasteiger charge is -2.20. The number of ether oxygens (including phenoxy) is 1. The number of nitrogens with zero attached hydrogens (tertiary/aromatic N) is 1. The van der Waals surface area contributed by atoms with Crippen molar-refractivity contribution in [2.75, 3.05) is 32.5 Å². The van der Waals surface area contributed by atoms with Crippen LogP contribution in [0.25, 0.3) is 10.1 Å². The molecule has 0 radical (unpaired) electrons. The van der Waals surface area contributed by atoms with E-state index in [9.17, 15) is 4.79 Å². The number of anilines is 1. The zero-order chi connectivity index (χ0) is 15.4. The first-order chi connectivity index (χ1) is 10.1. The number of amides is 1. The number of benzene rings is 1. The molecule has 1 amide bonds. The zero-order valence-electron chi connectivity index (χ0n) is 12.3. The van der Waals surface area contributed by atoms with Gasteiger partial charge in [-0.15, -0.1) is 11.3 Å². The maximum atomic E-state index is 12.6. The van der Waals surface area contributed by atoms with E-state index in [4.69, 9.17) is 15.6 Å². The van der Waals surface area contributed by atoms with Crippen molar-refractivity contribution in [3.05, 3.63) is 23.1 Å². The number of carbonyl (C=O) groups is 1. The summed E-state index contributed by atoms with van der Waals surface area (Å²) in [7, 11) is 1.59. The Kier molecular flexibility index (Phi) is 5.03. The van der Waals surface area contributed by atoms with Crippen LogP contribution in [0.2, 0.25) is 0 Å². The summed E-state index contributed by atoms with van der Waals surface area (Å²) in [6.45, 7) is 2.86. The monoisotopic (exact) mass is 308 g/mol. The maximum Gasteiger partial charge on any atom is 0.266 e. The number of thiophene rings is 1. The largest absolute Gasteiger partial charge is 0.496 e. The molecule has 0 aliphatic heterocycles. The van der Waals surface area contributed by atoms with Gasteiger partial charge in [0.25, 0.3) is 5.91 Å². The third-order valence-electron chi connectivity index (χ3n) is 3.28. The molecule has 3 N–H and O–H groups in total. The molecule has 1 heterocycles. The highest BCUT2D eigenvalue weighted by atomic mass is 32.1. The lowest BCUT2D eigenvalue weighted by atomic mass is 10.2. The second-order valence-electron chi connectivity index (χ2n) is 4.69. The van der Waals surface area contributed by atoms with Crippen LogP contribution in [-0.2, 0) is 0 Å². The van der Waals surface area contributed by atoms with Gasteiger partial charge in [-0.3, -0.25) is 4.79 Å². The van der Waals surface area contributed by atoms with Gasteiger partial charge in [-0.1, -0.05) is 13.0 Å². The molecular weight excluding hydrogens is 288 g/mol. The second kappa shape index (κ2) is 6.78. The quantitative estimate of drug-likeness (QED) is 0.859. The van der Waals surface area contributed by atoms with Gasteiger partial charge in [0.2, 0.25) is 0 Å². The van der Waals surface area contributed by atoms with Gasteiger partial charge in [0.1, 0.15) is 10.6 Å². The number of aliphatic hydroxyl groups is 1. The van der Waals surface area contributed by atoms with Crippen molar-refractivity contribution in [1.82, 2.24) is 4.90 Å². The van der Waals surface area contributed by atoms with E-state index in [1.54, 1.807) is 12.0 Å². The van der Waals surface area contributed by atoms with Crippen LogP contribution in [0.1, 0.15) is 23.0 Å². The Labute approximate surface area is 127 Å². The number of aliphatic hydroxyl groups excluding tert-OH is 1. The highest BCUT2D eigenvalue weighted by Gasteiger charge is 2.22. The molecule has 21 heavy (non-hydrogen) atoms. The fraction of sp³-hybridized carbons (Fsp3) is 0.400. The Bertz CT molecular complexity index is 633. The summed E-state index contributed by atoms with van der Waals surface area (Å²) in [6.07, 6.45) is 0.833. The molecule has 2 rings (SSSR count). The number of nitrogen functional groups attached to an aromatic ring is 1. The van der Waals surface area contributed by atoms with Crippen LogP contribution in [0.15, 0.2) is 18.2 Å². The van der Waals surface area contributed by atoms with Crippen LogP contribution >= 0.6 is 11.3 Å². The SMILES string of the molecule is CCCN(CCO)C(=O)c1sc2cccc(OC)c2c1N. The van der Waals surface area contributed by atoms with Crippen molar-refractivity contribution in [1.29, 1.82) is 0 Å². The molecule has 0 aliphatic rings. The molecular formula is C15H20N2O3S. The van der Waals surface area contributed by atoms with E-state index < -0.39 is 0 Å². The Morgan fingerprint density at radius 3 is 2.81 bits per heavy atom. The maximum absolute atomic E-state index is 12.6. The van der Waals surface area contributed by atoms with Crippen molar-refractivity contribution >= 4 is 33.0 Å². The summed E-state index contributed by atoms with van der Waals surface area (Å²) in [4.78, 5) is 14.8. The number of hydrogen-bond donors (Lipinski definition) is 2. The van der Waals surface area contributed by atoms with Crippen LogP contribution in [0.3, 0.4) is 0 Å². The lowest BCUT2D eigenvalue weighted by Crippen LogP contribution is -2.34. The molecule has 5 nitrogen and oxygen atoms in total. The van der Waals surface area contributed by atoms with Gasteiger partial charge in [-0.05, 0) is 18.6 Å². The minimum Gasteiger partial charge on any atom is -0.496 e. The number of hydrogen-bond acceptors (Lipinski definition) is 5. The summed E-state index contributed by atoms with van der Waals surface area (Å²) in [5.41, 5.74) is 6.62. The van der Waals surface area contributed by atoms with Crippen molar-refractivity contribution < 1.29 is 14.6 Å². The summed E-state index contributed by atoms with van der Waals surface area (Å²) >= 11 is 1.36. The van der Waals surface area contributed by atoms with Crippen molar-refractivity contribution in [3.63, 3.8) is 0 Å². The summed E-state index contributed by atoms with van der Waals surface area (Å²) in [5.74, 6) is 0.538. The number of nitrogens with two attached hydrogens (primary N) is 1. The second-order valence-corrected chi connectivity index (χ2v) is 5.75.